The van der Waals surface area contributed by atoms with E-state index in [1.54, 1.807) is 18.1 Å². The van der Waals surface area contributed by atoms with Gasteiger partial charge in [-0.05, 0) is 36.1 Å². The Morgan fingerprint density at radius 2 is 2.09 bits per heavy atom. The van der Waals surface area contributed by atoms with Crippen LogP contribution >= 0.6 is 0 Å². The average molecular weight is 315 g/mol. The molecule has 2 aromatic rings. The molecule has 1 aromatic heterocycles. The zero-order chi connectivity index (χ0) is 17.2. The first-order valence-electron chi connectivity index (χ1n) is 7.74. The van der Waals surface area contributed by atoms with Crippen LogP contribution < -0.4 is 5.32 Å². The van der Waals surface area contributed by atoms with E-state index >= 15 is 0 Å². The van der Waals surface area contributed by atoms with Crippen molar-refractivity contribution in [2.45, 2.75) is 33.7 Å². The fraction of sp³-hybridized carbons (Fsp3) is 0.444. The monoisotopic (exact) mass is 315 g/mol. The first-order valence-corrected chi connectivity index (χ1v) is 7.74. The second-order valence-corrected chi connectivity index (χ2v) is 6.99. The number of fused-ring (bicyclic) bond motifs is 1. The summed E-state index contributed by atoms with van der Waals surface area (Å²) >= 11 is 0. The number of urea groups is 1. The molecule has 1 unspecified atom stereocenters. The zero-order valence-electron chi connectivity index (χ0n) is 14.4. The van der Waals surface area contributed by atoms with E-state index in [0.717, 1.165) is 16.5 Å². The second-order valence-electron chi connectivity index (χ2n) is 6.99. The van der Waals surface area contributed by atoms with Crippen LogP contribution in [0.3, 0.4) is 0 Å². The van der Waals surface area contributed by atoms with Crippen molar-refractivity contribution in [2.75, 3.05) is 19.0 Å². The SMILES string of the molecule is Cc1cc(NC(=O)N(C)C(CO)C(C)(C)C)c2ncccc2c1. The molecular formula is C18H25N3O2. The van der Waals surface area contributed by atoms with Crippen molar-refractivity contribution in [2.24, 2.45) is 5.41 Å². The first-order chi connectivity index (χ1) is 10.7. The van der Waals surface area contributed by atoms with Gasteiger partial charge >= 0.3 is 6.03 Å². The highest BCUT2D eigenvalue weighted by Gasteiger charge is 2.30. The van der Waals surface area contributed by atoms with Crippen molar-refractivity contribution < 1.29 is 9.90 Å². The minimum Gasteiger partial charge on any atom is -0.394 e. The summed E-state index contributed by atoms with van der Waals surface area (Å²) < 4.78 is 0. The van der Waals surface area contributed by atoms with Gasteiger partial charge in [0.2, 0.25) is 0 Å². The lowest BCUT2D eigenvalue weighted by Gasteiger charge is -2.36. The maximum Gasteiger partial charge on any atom is 0.321 e. The molecule has 0 aliphatic carbocycles. The Hall–Kier alpha value is -2.14. The Morgan fingerprint density at radius 3 is 2.70 bits per heavy atom. The fourth-order valence-electron chi connectivity index (χ4n) is 2.76. The number of anilines is 1. The number of amides is 2. The minimum absolute atomic E-state index is 0.0831. The molecule has 0 saturated carbocycles. The predicted molar refractivity (Wildman–Crippen MR) is 93.6 cm³/mol. The summed E-state index contributed by atoms with van der Waals surface area (Å²) in [5.74, 6) is 0. The number of likely N-dealkylation sites (N-methyl/N-ethyl adjacent to an activating group) is 1. The molecule has 1 aromatic carbocycles. The lowest BCUT2D eigenvalue weighted by molar-refractivity contribution is 0.0886. The summed E-state index contributed by atoms with van der Waals surface area (Å²) in [6.07, 6.45) is 1.71. The van der Waals surface area contributed by atoms with Gasteiger partial charge in [0.15, 0.2) is 0 Å². The van der Waals surface area contributed by atoms with Crippen LogP contribution in [0.25, 0.3) is 10.9 Å². The van der Waals surface area contributed by atoms with Gasteiger partial charge in [0.25, 0.3) is 0 Å². The highest BCUT2D eigenvalue weighted by Crippen LogP contribution is 2.26. The molecule has 1 atom stereocenters. The molecule has 5 heteroatoms. The Kier molecular flexibility index (Phi) is 4.90. The maximum absolute atomic E-state index is 12.6. The van der Waals surface area contributed by atoms with Crippen molar-refractivity contribution in [1.29, 1.82) is 0 Å². The van der Waals surface area contributed by atoms with Gasteiger partial charge in [0, 0.05) is 18.6 Å². The molecule has 2 rings (SSSR count). The van der Waals surface area contributed by atoms with Crippen LogP contribution in [0, 0.1) is 12.3 Å². The number of aryl methyl sites for hydroxylation is 1. The summed E-state index contributed by atoms with van der Waals surface area (Å²) in [5.41, 5.74) is 2.28. The van der Waals surface area contributed by atoms with Crippen LogP contribution in [0.4, 0.5) is 10.5 Å². The Balaban J connectivity index is 2.30. The third-order valence-corrected chi connectivity index (χ3v) is 4.05. The summed E-state index contributed by atoms with van der Waals surface area (Å²) in [4.78, 5) is 18.5. The van der Waals surface area contributed by atoms with Crippen LogP contribution in [-0.4, -0.2) is 40.7 Å². The molecule has 5 nitrogen and oxygen atoms in total. The number of aromatic nitrogens is 1. The summed E-state index contributed by atoms with van der Waals surface area (Å²) in [7, 11) is 1.70. The molecule has 23 heavy (non-hydrogen) atoms. The third kappa shape index (κ3) is 3.79. The summed E-state index contributed by atoms with van der Waals surface area (Å²) in [6, 6.07) is 7.27. The first kappa shape index (κ1) is 17.2. The average Bonchev–Trinajstić information content (AvgIpc) is 2.46. The molecule has 2 amide bonds. The van der Waals surface area contributed by atoms with Crippen molar-refractivity contribution in [3.63, 3.8) is 0 Å². The van der Waals surface area contributed by atoms with Gasteiger partial charge in [-0.25, -0.2) is 4.79 Å². The van der Waals surface area contributed by atoms with Crippen LogP contribution in [0.2, 0.25) is 0 Å². The maximum atomic E-state index is 12.6. The molecule has 0 radical (unpaired) electrons. The van der Waals surface area contributed by atoms with Crippen LogP contribution in [0.1, 0.15) is 26.3 Å². The molecule has 0 aliphatic rings. The number of pyridine rings is 1. The number of hydrogen-bond acceptors (Lipinski definition) is 3. The van der Waals surface area contributed by atoms with E-state index in [-0.39, 0.29) is 24.1 Å². The van der Waals surface area contributed by atoms with Gasteiger partial charge in [0.1, 0.15) is 0 Å². The predicted octanol–water partition coefficient (Wildman–Crippen LogP) is 3.41. The van der Waals surface area contributed by atoms with Crippen LogP contribution in [-0.2, 0) is 0 Å². The third-order valence-electron chi connectivity index (χ3n) is 4.05. The van der Waals surface area contributed by atoms with Gasteiger partial charge in [-0.2, -0.15) is 0 Å². The molecule has 0 aliphatic heterocycles. The number of nitrogens with zero attached hydrogens (tertiary/aromatic N) is 2. The fourth-order valence-corrected chi connectivity index (χ4v) is 2.76. The van der Waals surface area contributed by atoms with Gasteiger partial charge in [-0.3, -0.25) is 4.98 Å². The van der Waals surface area contributed by atoms with Crippen molar-refractivity contribution in [3.8, 4) is 0 Å². The Bertz CT molecular complexity index is 707. The number of hydrogen-bond donors (Lipinski definition) is 2. The van der Waals surface area contributed by atoms with Gasteiger partial charge < -0.3 is 15.3 Å². The van der Waals surface area contributed by atoms with E-state index in [1.165, 1.54) is 0 Å². The van der Waals surface area contributed by atoms with Gasteiger partial charge in [0.05, 0.1) is 23.9 Å². The highest BCUT2D eigenvalue weighted by molar-refractivity contribution is 6.00. The van der Waals surface area contributed by atoms with E-state index in [9.17, 15) is 9.90 Å². The van der Waals surface area contributed by atoms with Crippen LogP contribution in [0.5, 0.6) is 0 Å². The number of benzene rings is 1. The quantitative estimate of drug-likeness (QED) is 0.912. The number of carbonyl (C=O) groups is 1. The van der Waals surface area contributed by atoms with Crippen molar-refractivity contribution >= 4 is 22.6 Å². The van der Waals surface area contributed by atoms with E-state index in [4.69, 9.17) is 0 Å². The van der Waals surface area contributed by atoms with E-state index in [2.05, 4.69) is 10.3 Å². The highest BCUT2D eigenvalue weighted by atomic mass is 16.3. The Labute approximate surface area is 137 Å². The standard InChI is InChI=1S/C18H25N3O2/c1-12-9-13-7-6-8-19-16(13)14(10-12)20-17(23)21(5)15(11-22)18(2,3)4/h6-10,15,22H,11H2,1-5H3,(H,20,23). The van der Waals surface area contributed by atoms with Gasteiger partial charge in [-0.1, -0.05) is 26.8 Å². The Morgan fingerprint density at radius 1 is 1.39 bits per heavy atom. The molecule has 0 fully saturated rings. The molecule has 0 bridgehead atoms. The molecule has 1 heterocycles. The molecule has 124 valence electrons. The smallest absolute Gasteiger partial charge is 0.321 e. The van der Waals surface area contributed by atoms with Crippen molar-refractivity contribution in [1.82, 2.24) is 9.88 Å². The summed E-state index contributed by atoms with van der Waals surface area (Å²) in [5, 5.41) is 13.5. The molecule has 0 saturated heterocycles. The van der Waals surface area contributed by atoms with Gasteiger partial charge in [-0.15, -0.1) is 0 Å². The zero-order valence-corrected chi connectivity index (χ0v) is 14.4. The van der Waals surface area contributed by atoms with Crippen molar-refractivity contribution in [3.05, 3.63) is 36.0 Å². The topological polar surface area (TPSA) is 65.5 Å². The normalized spacial score (nSPS) is 13.0. The number of carbonyl (C=O) groups excluding carboxylic acids is 1. The minimum atomic E-state index is -0.272. The largest absolute Gasteiger partial charge is 0.394 e. The number of nitrogens with one attached hydrogen (secondary N) is 1. The van der Waals surface area contributed by atoms with E-state index < -0.39 is 0 Å². The van der Waals surface area contributed by atoms with Crippen LogP contribution in [0.15, 0.2) is 30.5 Å². The number of aliphatic hydroxyl groups is 1. The molecule has 0 spiro atoms. The lowest BCUT2D eigenvalue weighted by Crippen LogP contribution is -2.48. The number of rotatable bonds is 3. The summed E-state index contributed by atoms with van der Waals surface area (Å²) in [6.45, 7) is 7.90. The van der Waals surface area contributed by atoms with E-state index in [1.807, 2.05) is 52.0 Å². The second kappa shape index (κ2) is 6.54. The molecular weight excluding hydrogens is 290 g/mol. The number of aliphatic hydroxyl groups excluding tert-OH is 1. The lowest BCUT2D eigenvalue weighted by atomic mass is 9.86. The molecule has 2 N–H and O–H groups in total. The van der Waals surface area contributed by atoms with E-state index in [0.29, 0.717) is 5.69 Å².